The van der Waals surface area contributed by atoms with Gasteiger partial charge in [-0.25, -0.2) is 4.79 Å². The largest absolute Gasteiger partial charge is 0.464 e. The van der Waals surface area contributed by atoms with Crippen molar-refractivity contribution in [3.05, 3.63) is 0 Å². The first-order valence-electron chi connectivity index (χ1n) is 6.14. The van der Waals surface area contributed by atoms with Gasteiger partial charge in [-0.05, 0) is 12.8 Å². The smallest absolute Gasteiger partial charge is 0.337 e. The molecule has 4 atom stereocenters. The number of carbonyl (C=O) groups is 2. The van der Waals surface area contributed by atoms with E-state index in [1.807, 2.05) is 0 Å². The summed E-state index contributed by atoms with van der Waals surface area (Å²) in [6, 6.07) is 0. The Balaban J connectivity index is 3.18. The zero-order valence-corrected chi connectivity index (χ0v) is 11.1. The summed E-state index contributed by atoms with van der Waals surface area (Å²) in [6.45, 7) is 6.65. The molecule has 0 aliphatic carbocycles. The molecule has 1 aliphatic heterocycles. The molecule has 0 aromatic heterocycles. The second kappa shape index (κ2) is 5.24. The first-order chi connectivity index (χ1) is 8.28. The summed E-state index contributed by atoms with van der Waals surface area (Å²) in [4.78, 5) is 23.7. The molecule has 1 saturated heterocycles. The molecule has 0 saturated carbocycles. The van der Waals surface area contributed by atoms with E-state index in [9.17, 15) is 19.8 Å². The SMILES string of the molecule is CCOC(=O)[C@]1([C@@H](O)C(C)C)NC(=O)[C@H](C)[C@@H]1O. The Morgan fingerprint density at radius 1 is 1.56 bits per heavy atom. The number of esters is 1. The Hall–Kier alpha value is -1.14. The number of ether oxygens (including phenoxy) is 1. The highest BCUT2D eigenvalue weighted by Gasteiger charge is 2.61. The van der Waals surface area contributed by atoms with E-state index in [0.717, 1.165) is 0 Å². The van der Waals surface area contributed by atoms with E-state index in [0.29, 0.717) is 0 Å². The molecule has 1 rings (SSSR count). The van der Waals surface area contributed by atoms with Crippen LogP contribution in [0.25, 0.3) is 0 Å². The van der Waals surface area contributed by atoms with Crippen molar-refractivity contribution in [3.8, 4) is 0 Å². The lowest BCUT2D eigenvalue weighted by atomic mass is 9.80. The Morgan fingerprint density at radius 3 is 2.44 bits per heavy atom. The van der Waals surface area contributed by atoms with Crippen molar-refractivity contribution in [2.75, 3.05) is 6.61 Å². The molecule has 18 heavy (non-hydrogen) atoms. The normalized spacial score (nSPS) is 33.4. The van der Waals surface area contributed by atoms with Gasteiger partial charge in [-0.1, -0.05) is 20.8 Å². The lowest BCUT2D eigenvalue weighted by molar-refractivity contribution is -0.165. The Bertz CT molecular complexity index is 343. The maximum Gasteiger partial charge on any atom is 0.337 e. The van der Waals surface area contributed by atoms with Gasteiger partial charge >= 0.3 is 5.97 Å². The average Bonchev–Trinajstić information content (AvgIpc) is 2.54. The summed E-state index contributed by atoms with van der Waals surface area (Å²) in [6.07, 6.45) is -2.51. The second-order valence-electron chi connectivity index (χ2n) is 5.00. The molecule has 3 N–H and O–H groups in total. The van der Waals surface area contributed by atoms with Gasteiger partial charge in [0.25, 0.3) is 0 Å². The van der Waals surface area contributed by atoms with Crippen LogP contribution >= 0.6 is 0 Å². The van der Waals surface area contributed by atoms with Gasteiger partial charge < -0.3 is 20.3 Å². The fourth-order valence-electron chi connectivity index (χ4n) is 2.25. The van der Waals surface area contributed by atoms with Crippen molar-refractivity contribution >= 4 is 11.9 Å². The highest BCUT2D eigenvalue weighted by Crippen LogP contribution is 2.33. The van der Waals surface area contributed by atoms with Crippen molar-refractivity contribution in [1.29, 1.82) is 0 Å². The number of aliphatic hydroxyl groups is 2. The van der Waals surface area contributed by atoms with Crippen molar-refractivity contribution < 1.29 is 24.5 Å². The third kappa shape index (κ3) is 2.10. The van der Waals surface area contributed by atoms with Crippen LogP contribution in [0.4, 0.5) is 0 Å². The molecule has 0 unspecified atom stereocenters. The fourth-order valence-corrected chi connectivity index (χ4v) is 2.25. The van der Waals surface area contributed by atoms with Crippen LogP contribution in [0.3, 0.4) is 0 Å². The molecule has 0 spiro atoms. The van der Waals surface area contributed by atoms with Crippen LogP contribution in [0, 0.1) is 11.8 Å². The van der Waals surface area contributed by atoms with Crippen LogP contribution in [0.1, 0.15) is 27.7 Å². The third-order valence-electron chi connectivity index (χ3n) is 3.39. The Morgan fingerprint density at radius 2 is 2.11 bits per heavy atom. The summed E-state index contributed by atoms with van der Waals surface area (Å²) < 4.78 is 4.89. The minimum absolute atomic E-state index is 0.113. The van der Waals surface area contributed by atoms with E-state index < -0.39 is 35.5 Å². The van der Waals surface area contributed by atoms with E-state index in [-0.39, 0.29) is 12.5 Å². The minimum atomic E-state index is -1.76. The molecular formula is C12H21NO5. The molecule has 1 aliphatic rings. The Kier molecular flexibility index (Phi) is 4.34. The van der Waals surface area contributed by atoms with Crippen molar-refractivity contribution in [1.82, 2.24) is 5.32 Å². The van der Waals surface area contributed by atoms with E-state index in [4.69, 9.17) is 4.74 Å². The van der Waals surface area contributed by atoms with Gasteiger partial charge in [0.1, 0.15) is 6.10 Å². The van der Waals surface area contributed by atoms with Crippen LogP contribution in [0.5, 0.6) is 0 Å². The predicted octanol–water partition coefficient (Wildman–Crippen LogP) is -0.568. The average molecular weight is 259 g/mol. The molecule has 0 aromatic rings. The van der Waals surface area contributed by atoms with Crippen LogP contribution in [-0.4, -0.2) is 46.4 Å². The summed E-state index contributed by atoms with van der Waals surface area (Å²) in [5.41, 5.74) is -1.76. The minimum Gasteiger partial charge on any atom is -0.464 e. The molecule has 0 radical (unpaired) electrons. The van der Waals surface area contributed by atoms with Crippen LogP contribution in [0.15, 0.2) is 0 Å². The van der Waals surface area contributed by atoms with Gasteiger partial charge in [-0.2, -0.15) is 0 Å². The quantitative estimate of drug-likeness (QED) is 0.588. The van der Waals surface area contributed by atoms with Gasteiger partial charge in [0.05, 0.1) is 18.6 Å². The lowest BCUT2D eigenvalue weighted by Crippen LogP contribution is -2.65. The standard InChI is InChI=1S/C12H21NO5/c1-5-18-11(17)12(8(14)6(2)3)9(15)7(4)10(16)13-12/h6-9,14-15H,5H2,1-4H3,(H,13,16)/t7-,8+,9+,12-/m1/s1. The van der Waals surface area contributed by atoms with Crippen molar-refractivity contribution in [3.63, 3.8) is 0 Å². The van der Waals surface area contributed by atoms with Gasteiger partial charge in [-0.15, -0.1) is 0 Å². The molecule has 6 heteroatoms. The zero-order valence-electron chi connectivity index (χ0n) is 11.1. The first-order valence-corrected chi connectivity index (χ1v) is 6.14. The van der Waals surface area contributed by atoms with E-state index in [2.05, 4.69) is 5.32 Å². The number of aliphatic hydroxyl groups excluding tert-OH is 2. The molecule has 104 valence electrons. The first kappa shape index (κ1) is 14.9. The zero-order chi connectivity index (χ0) is 14.1. The van der Waals surface area contributed by atoms with E-state index >= 15 is 0 Å². The maximum atomic E-state index is 12.1. The van der Waals surface area contributed by atoms with Gasteiger partial charge in [0.2, 0.25) is 5.91 Å². The number of nitrogens with one attached hydrogen (secondary N) is 1. The molecule has 0 bridgehead atoms. The number of carbonyl (C=O) groups excluding carboxylic acids is 2. The summed E-state index contributed by atoms with van der Waals surface area (Å²) >= 11 is 0. The second-order valence-corrected chi connectivity index (χ2v) is 5.00. The topological polar surface area (TPSA) is 95.9 Å². The maximum absolute atomic E-state index is 12.1. The summed E-state index contributed by atoms with van der Waals surface area (Å²) in [5.74, 6) is -2.33. The fraction of sp³-hybridized carbons (Fsp3) is 0.833. The molecule has 1 heterocycles. The van der Waals surface area contributed by atoms with Gasteiger partial charge in [-0.3, -0.25) is 4.79 Å². The highest BCUT2D eigenvalue weighted by molar-refractivity contribution is 5.95. The van der Waals surface area contributed by atoms with Gasteiger partial charge in [0, 0.05) is 0 Å². The predicted molar refractivity (Wildman–Crippen MR) is 63.5 cm³/mol. The molecular weight excluding hydrogens is 238 g/mol. The number of hydrogen-bond acceptors (Lipinski definition) is 5. The highest BCUT2D eigenvalue weighted by atomic mass is 16.5. The van der Waals surface area contributed by atoms with E-state index in [1.165, 1.54) is 6.92 Å². The van der Waals surface area contributed by atoms with Crippen LogP contribution in [0.2, 0.25) is 0 Å². The summed E-state index contributed by atoms with van der Waals surface area (Å²) in [7, 11) is 0. The van der Waals surface area contributed by atoms with Gasteiger partial charge in [0.15, 0.2) is 5.54 Å². The molecule has 1 amide bonds. The van der Waals surface area contributed by atoms with Crippen LogP contribution in [-0.2, 0) is 14.3 Å². The summed E-state index contributed by atoms with van der Waals surface area (Å²) in [5, 5.41) is 22.8. The van der Waals surface area contributed by atoms with Crippen molar-refractivity contribution in [2.45, 2.75) is 45.4 Å². The number of amides is 1. The molecule has 6 nitrogen and oxygen atoms in total. The van der Waals surface area contributed by atoms with E-state index in [1.54, 1.807) is 20.8 Å². The Labute approximate surface area is 106 Å². The number of rotatable bonds is 4. The number of hydrogen-bond donors (Lipinski definition) is 3. The third-order valence-corrected chi connectivity index (χ3v) is 3.39. The monoisotopic (exact) mass is 259 g/mol. The molecule has 0 aromatic carbocycles. The van der Waals surface area contributed by atoms with Crippen molar-refractivity contribution in [2.24, 2.45) is 11.8 Å². The molecule has 1 fully saturated rings. The lowest BCUT2D eigenvalue weighted by Gasteiger charge is -2.36. The van der Waals surface area contributed by atoms with Crippen LogP contribution < -0.4 is 5.32 Å².